The van der Waals surface area contributed by atoms with Gasteiger partial charge in [-0.2, -0.15) is 0 Å². The van der Waals surface area contributed by atoms with Gasteiger partial charge in [0.05, 0.1) is 0 Å². The molecule has 0 amide bonds. The fraction of sp³-hybridized carbons (Fsp3) is 0.500. The van der Waals surface area contributed by atoms with Crippen LogP contribution < -0.4 is 34.7 Å². The average molecular weight is 85.0 g/mol. The predicted octanol–water partition coefficient (Wildman–Crippen LogP) is -4.24. The van der Waals surface area contributed by atoms with Crippen LogP contribution in [0.1, 0.15) is 9.62 Å². The van der Waals surface area contributed by atoms with Crippen molar-refractivity contribution < 1.29 is 42.2 Å². The Morgan fingerprint density at radius 3 is 2.80 bits per heavy atom. The van der Waals surface area contributed by atoms with Gasteiger partial charge in [0.2, 0.25) is 0 Å². The van der Waals surface area contributed by atoms with Crippen LogP contribution in [0.5, 0.6) is 0 Å². The summed E-state index contributed by atoms with van der Waals surface area (Å²) in [4.78, 5) is 9.21. The third kappa shape index (κ3) is 123. The van der Waals surface area contributed by atoms with Crippen LogP contribution in [-0.2, 0) is 4.79 Å². The summed E-state index contributed by atoms with van der Waals surface area (Å²) < 4.78 is 12.1. The van der Waals surface area contributed by atoms with Gasteiger partial charge < -0.3 is 9.90 Å². The molecular weight excluding hydrogens is 79.0 g/mol. The summed E-state index contributed by atoms with van der Waals surface area (Å²) in [5.74, 6) is -1.66. The van der Waals surface area contributed by atoms with Crippen molar-refractivity contribution in [3.8, 4) is 0 Å². The number of rotatable bonds is 0. The van der Waals surface area contributed by atoms with E-state index in [-0.39, 0.29) is 29.6 Å². The smallest absolute Gasteiger partial charge is 0.550 e. The summed E-state index contributed by atoms with van der Waals surface area (Å²) in [6.07, 6.45) is 0. The molecule has 2 nitrogen and oxygen atoms in total. The van der Waals surface area contributed by atoms with E-state index in [0.717, 1.165) is 0 Å². The van der Waals surface area contributed by atoms with Crippen molar-refractivity contribution in [2.24, 2.45) is 0 Å². The number of carboxylic acids is 1. The summed E-state index contributed by atoms with van der Waals surface area (Å²) in [7, 11) is 0. The van der Waals surface area contributed by atoms with Gasteiger partial charge in [-0.25, -0.2) is 0 Å². The predicted molar refractivity (Wildman–Crippen MR) is 10.7 cm³/mol. The minimum absolute atomic E-state index is 0. The Morgan fingerprint density at radius 1 is 2.60 bits per heavy atom. The Labute approximate surface area is 55.3 Å². The van der Waals surface area contributed by atoms with E-state index in [2.05, 4.69) is 0 Å². The second kappa shape index (κ2) is 4.47. The van der Waals surface area contributed by atoms with E-state index < -0.39 is 12.8 Å². The Morgan fingerprint density at radius 2 is 2.80 bits per heavy atom. The number of carboxylic acid groups (broad SMARTS) is 1. The van der Waals surface area contributed by atoms with E-state index in [0.29, 0.717) is 0 Å². The molecule has 0 rings (SSSR count). The molecule has 0 aromatic carbocycles. The molecular formula is C2H3NaO2. The minimum atomic E-state index is -1.84. The van der Waals surface area contributed by atoms with Crippen LogP contribution in [0, 0.1) is 0 Å². The molecule has 1 atom stereocenters. The first kappa shape index (κ1) is 3.65. The number of hydrogen-bond acceptors (Lipinski definition) is 2. The molecule has 0 fully saturated rings. The molecule has 0 aromatic rings. The second-order valence-corrected chi connectivity index (χ2v) is 0.319. The average Bonchev–Trinajstić information content (AvgIpc) is 1.36. The Kier molecular flexibility index (Phi) is 3.27. The van der Waals surface area contributed by atoms with Crippen molar-refractivity contribution in [2.45, 2.75) is 6.88 Å². The van der Waals surface area contributed by atoms with Crippen molar-refractivity contribution in [1.82, 2.24) is 0 Å². The fourth-order valence-electron chi connectivity index (χ4n) is 0. The molecule has 24 valence electrons. The molecule has 0 bridgehead atoms. The number of carbonyl (C=O) groups is 1. The first-order chi connectivity index (χ1) is 2.64. The van der Waals surface area contributed by atoms with Crippen LogP contribution in [0.4, 0.5) is 0 Å². The second-order valence-electron chi connectivity index (χ2n) is 0.319. The van der Waals surface area contributed by atoms with Crippen LogP contribution in [0.15, 0.2) is 0 Å². The molecule has 0 saturated heterocycles. The third-order valence-corrected chi connectivity index (χ3v) is 0. The van der Waals surface area contributed by atoms with Gasteiger partial charge in [-0.15, -0.1) is 0 Å². The summed E-state index contributed by atoms with van der Waals surface area (Å²) in [6, 6.07) is 0. The van der Waals surface area contributed by atoms with E-state index in [1.807, 2.05) is 0 Å². The normalized spacial score (nSPS) is 16.8. The van der Waals surface area contributed by atoms with Crippen LogP contribution in [0.3, 0.4) is 0 Å². The molecule has 0 aliphatic rings. The quantitative estimate of drug-likeness (QED) is 0.279. The molecule has 0 aromatic heterocycles. The van der Waals surface area contributed by atoms with Crippen LogP contribution in [-0.4, -0.2) is 5.97 Å². The van der Waals surface area contributed by atoms with Gasteiger partial charge in [-0.3, -0.25) is 0 Å². The largest absolute Gasteiger partial charge is 1.00 e. The monoisotopic (exact) mass is 85.0 g/mol. The maximum atomic E-state index is 9.21. The van der Waals surface area contributed by atoms with E-state index in [1.165, 1.54) is 0 Å². The SMILES string of the molecule is [2H][C@@H]([3H])C(=O)[O-].[Na+]. The Bertz CT molecular complexity index is 64.7. The van der Waals surface area contributed by atoms with Gasteiger partial charge in [0.15, 0.2) is 0 Å². The third-order valence-electron chi connectivity index (χ3n) is 0. The summed E-state index contributed by atoms with van der Waals surface area (Å²) >= 11 is 0. The van der Waals surface area contributed by atoms with Crippen LogP contribution in [0.2, 0.25) is 0 Å². The summed E-state index contributed by atoms with van der Waals surface area (Å²) in [5, 5.41) is 9.21. The van der Waals surface area contributed by atoms with Crippen LogP contribution in [0.25, 0.3) is 0 Å². The molecule has 0 saturated carbocycles. The van der Waals surface area contributed by atoms with Crippen molar-refractivity contribution in [3.05, 3.63) is 0 Å². The van der Waals surface area contributed by atoms with E-state index in [9.17, 15) is 9.90 Å². The zero-order valence-electron chi connectivity index (χ0n) is 4.89. The van der Waals surface area contributed by atoms with E-state index in [1.54, 1.807) is 0 Å². The number of hydrogen-bond donors (Lipinski definition) is 0. The van der Waals surface area contributed by atoms with Gasteiger partial charge in [0.25, 0.3) is 0 Å². The summed E-state index contributed by atoms with van der Waals surface area (Å²) in [5.41, 5.74) is 0. The van der Waals surface area contributed by atoms with E-state index in [4.69, 9.17) is 2.74 Å². The van der Waals surface area contributed by atoms with Gasteiger partial charge in [-0.1, -0.05) is 0 Å². The number of aliphatic carboxylic acids is 1. The molecule has 0 heterocycles. The Balaban J connectivity index is 0. The summed E-state index contributed by atoms with van der Waals surface area (Å²) in [6.45, 7) is -1.84. The fourth-order valence-corrected chi connectivity index (χ4v) is 0. The maximum absolute atomic E-state index is 9.21. The van der Waals surface area contributed by atoms with Crippen molar-refractivity contribution in [1.29, 1.82) is 0 Å². The van der Waals surface area contributed by atoms with Crippen LogP contribution >= 0.6 is 0 Å². The van der Waals surface area contributed by atoms with Crippen molar-refractivity contribution in [3.63, 3.8) is 0 Å². The van der Waals surface area contributed by atoms with Crippen molar-refractivity contribution in [2.75, 3.05) is 0 Å². The molecule has 0 radical (unpaired) electrons. The van der Waals surface area contributed by atoms with E-state index >= 15 is 0 Å². The number of carbonyl (C=O) groups excluding carboxylic acids is 1. The Hall–Kier alpha value is 0.470. The molecule has 0 spiro atoms. The van der Waals surface area contributed by atoms with Gasteiger partial charge in [0.1, 0.15) is 0 Å². The topological polar surface area (TPSA) is 40.1 Å². The first-order valence-corrected chi connectivity index (χ1v) is 0.697. The van der Waals surface area contributed by atoms with Gasteiger partial charge in [0, 0.05) is 8.71 Å². The molecule has 0 aliphatic heterocycles. The molecule has 0 aliphatic carbocycles. The maximum Gasteiger partial charge on any atom is 1.00 e. The first-order valence-electron chi connectivity index (χ1n) is 1.85. The molecule has 0 N–H and O–H groups in total. The molecule has 5 heavy (non-hydrogen) atoms. The standard InChI is InChI=1S/C2H4O2.Na/c1-2(3)4;/h1H3,(H,3,4);/q;+1/p-1/i1TD;/t1-;/m0./s1. The molecule has 3 heteroatoms. The zero-order valence-corrected chi connectivity index (χ0v) is 4.89. The van der Waals surface area contributed by atoms with Gasteiger partial charge in [-0.05, 0) is 6.88 Å². The zero-order chi connectivity index (χ0) is 5.15. The van der Waals surface area contributed by atoms with Gasteiger partial charge >= 0.3 is 29.6 Å². The molecule has 0 unspecified atom stereocenters. The van der Waals surface area contributed by atoms with Crippen molar-refractivity contribution >= 4 is 5.97 Å². The minimum Gasteiger partial charge on any atom is -0.550 e.